The molecular weight excluding hydrogens is 250 g/mol. The number of aryl methyl sites for hydroxylation is 1. The average molecular weight is 277 g/mol. The highest BCUT2D eigenvalue weighted by Gasteiger charge is 2.19. The monoisotopic (exact) mass is 277 g/mol. The molecule has 2 rings (SSSR count). The molecular formula is C17H27NO2. The third-order valence-corrected chi connectivity index (χ3v) is 4.09. The van der Waals surface area contributed by atoms with E-state index >= 15 is 0 Å². The van der Waals surface area contributed by atoms with E-state index in [4.69, 9.17) is 4.74 Å². The van der Waals surface area contributed by atoms with E-state index in [0.29, 0.717) is 12.5 Å². The summed E-state index contributed by atoms with van der Waals surface area (Å²) in [5.41, 5.74) is 2.38. The van der Waals surface area contributed by atoms with Crippen molar-refractivity contribution in [1.82, 2.24) is 5.32 Å². The molecule has 0 bridgehead atoms. The molecule has 1 aliphatic rings. The topological polar surface area (TPSA) is 41.5 Å². The molecule has 1 saturated carbocycles. The quantitative estimate of drug-likeness (QED) is 0.805. The van der Waals surface area contributed by atoms with Gasteiger partial charge < -0.3 is 15.2 Å². The number of ether oxygens (including phenoxy) is 1. The first-order valence-corrected chi connectivity index (χ1v) is 7.74. The lowest BCUT2D eigenvalue weighted by Gasteiger charge is -2.18. The van der Waals surface area contributed by atoms with Crippen LogP contribution in [-0.2, 0) is 6.54 Å². The summed E-state index contributed by atoms with van der Waals surface area (Å²) in [5.74, 6) is 1.58. The largest absolute Gasteiger partial charge is 0.491 e. The first kappa shape index (κ1) is 15.3. The van der Waals surface area contributed by atoms with Gasteiger partial charge in [0.15, 0.2) is 0 Å². The molecule has 1 aliphatic carbocycles. The first-order valence-electron chi connectivity index (χ1n) is 7.74. The normalized spacial score (nSPS) is 17.4. The Morgan fingerprint density at radius 3 is 2.80 bits per heavy atom. The number of benzene rings is 1. The van der Waals surface area contributed by atoms with Gasteiger partial charge in [-0.3, -0.25) is 0 Å². The molecule has 1 aromatic carbocycles. The molecule has 2 N–H and O–H groups in total. The minimum Gasteiger partial charge on any atom is -0.491 e. The van der Waals surface area contributed by atoms with E-state index in [2.05, 4.69) is 24.4 Å². The zero-order chi connectivity index (χ0) is 14.4. The molecule has 1 fully saturated rings. The second-order valence-electron chi connectivity index (χ2n) is 5.99. The van der Waals surface area contributed by atoms with Crippen LogP contribution in [0, 0.1) is 12.8 Å². The van der Waals surface area contributed by atoms with E-state index in [1.54, 1.807) is 0 Å². The predicted molar refractivity (Wildman–Crippen MR) is 82.0 cm³/mol. The first-order chi connectivity index (χ1) is 9.69. The zero-order valence-corrected chi connectivity index (χ0v) is 12.7. The van der Waals surface area contributed by atoms with Gasteiger partial charge in [-0.2, -0.15) is 0 Å². The second kappa shape index (κ2) is 7.65. The van der Waals surface area contributed by atoms with Crippen molar-refractivity contribution in [2.45, 2.75) is 51.7 Å². The molecule has 1 aromatic rings. The molecule has 0 aromatic heterocycles. The van der Waals surface area contributed by atoms with Gasteiger partial charge in [-0.1, -0.05) is 43.4 Å². The molecule has 1 unspecified atom stereocenters. The van der Waals surface area contributed by atoms with Crippen molar-refractivity contribution < 1.29 is 9.84 Å². The van der Waals surface area contributed by atoms with Crippen LogP contribution in [0.2, 0.25) is 0 Å². The second-order valence-corrected chi connectivity index (χ2v) is 5.99. The van der Waals surface area contributed by atoms with Gasteiger partial charge in [0.1, 0.15) is 12.4 Å². The maximum Gasteiger partial charge on any atom is 0.123 e. The van der Waals surface area contributed by atoms with Crippen molar-refractivity contribution in [1.29, 1.82) is 0 Å². The minimum absolute atomic E-state index is 0.346. The predicted octanol–water partition coefficient (Wildman–Crippen LogP) is 3.03. The SMILES string of the molecule is CNCc1cc(C)ccc1OCC(O)CC1CCCC1. The van der Waals surface area contributed by atoms with Crippen LogP contribution in [0.1, 0.15) is 43.2 Å². The van der Waals surface area contributed by atoms with Crippen LogP contribution in [0.5, 0.6) is 5.75 Å². The van der Waals surface area contributed by atoms with Crippen LogP contribution in [-0.4, -0.2) is 24.9 Å². The lowest BCUT2D eigenvalue weighted by atomic mass is 10.0. The summed E-state index contributed by atoms with van der Waals surface area (Å²) in [6.07, 6.45) is 5.72. The average Bonchev–Trinajstić information content (AvgIpc) is 2.91. The molecule has 3 nitrogen and oxygen atoms in total. The highest BCUT2D eigenvalue weighted by molar-refractivity contribution is 5.36. The lowest BCUT2D eigenvalue weighted by Crippen LogP contribution is -2.21. The Bertz CT molecular complexity index is 413. The smallest absolute Gasteiger partial charge is 0.123 e. The van der Waals surface area contributed by atoms with Crippen molar-refractivity contribution in [3.05, 3.63) is 29.3 Å². The number of rotatable bonds is 7. The van der Waals surface area contributed by atoms with Crippen LogP contribution in [0.3, 0.4) is 0 Å². The molecule has 20 heavy (non-hydrogen) atoms. The van der Waals surface area contributed by atoms with Crippen molar-refractivity contribution in [2.75, 3.05) is 13.7 Å². The number of aliphatic hydroxyl groups is 1. The highest BCUT2D eigenvalue weighted by Crippen LogP contribution is 2.29. The summed E-state index contributed by atoms with van der Waals surface area (Å²) in [5, 5.41) is 13.3. The van der Waals surface area contributed by atoms with E-state index in [0.717, 1.165) is 24.3 Å². The fourth-order valence-electron chi connectivity index (χ4n) is 3.06. The van der Waals surface area contributed by atoms with Crippen molar-refractivity contribution in [3.8, 4) is 5.75 Å². The summed E-state index contributed by atoms with van der Waals surface area (Å²) in [6.45, 7) is 3.27. The number of hydrogen-bond donors (Lipinski definition) is 2. The molecule has 0 amide bonds. The van der Waals surface area contributed by atoms with Crippen LogP contribution >= 0.6 is 0 Å². The Labute approximate surface area is 122 Å². The van der Waals surface area contributed by atoms with Crippen LogP contribution < -0.4 is 10.1 Å². The van der Waals surface area contributed by atoms with Crippen LogP contribution in [0.25, 0.3) is 0 Å². The molecule has 3 heteroatoms. The van der Waals surface area contributed by atoms with Crippen molar-refractivity contribution in [2.24, 2.45) is 5.92 Å². The fourth-order valence-corrected chi connectivity index (χ4v) is 3.06. The Balaban J connectivity index is 1.85. The summed E-state index contributed by atoms with van der Waals surface area (Å²) in [4.78, 5) is 0. The summed E-state index contributed by atoms with van der Waals surface area (Å²) >= 11 is 0. The van der Waals surface area contributed by atoms with Gasteiger partial charge in [0.05, 0.1) is 6.10 Å². The van der Waals surface area contributed by atoms with Crippen LogP contribution in [0.15, 0.2) is 18.2 Å². The summed E-state index contributed by atoms with van der Waals surface area (Å²) in [7, 11) is 1.93. The van der Waals surface area contributed by atoms with Gasteiger partial charge in [-0.15, -0.1) is 0 Å². The molecule has 0 heterocycles. The van der Waals surface area contributed by atoms with Gasteiger partial charge in [0.2, 0.25) is 0 Å². The Morgan fingerprint density at radius 2 is 2.10 bits per heavy atom. The number of nitrogens with one attached hydrogen (secondary N) is 1. The van der Waals surface area contributed by atoms with E-state index in [1.165, 1.54) is 31.2 Å². The number of aliphatic hydroxyl groups excluding tert-OH is 1. The van der Waals surface area contributed by atoms with Gasteiger partial charge in [-0.05, 0) is 32.4 Å². The highest BCUT2D eigenvalue weighted by atomic mass is 16.5. The van der Waals surface area contributed by atoms with Crippen molar-refractivity contribution in [3.63, 3.8) is 0 Å². The molecule has 0 saturated heterocycles. The fraction of sp³-hybridized carbons (Fsp3) is 0.647. The molecule has 112 valence electrons. The Kier molecular flexibility index (Phi) is 5.86. The molecule has 0 spiro atoms. The standard InChI is InChI=1S/C17H27NO2/c1-13-7-8-17(15(9-13)11-18-2)20-12-16(19)10-14-5-3-4-6-14/h7-9,14,16,18-19H,3-6,10-12H2,1-2H3. The van der Waals surface area contributed by atoms with Crippen LogP contribution in [0.4, 0.5) is 0 Å². The van der Waals surface area contributed by atoms with E-state index in [-0.39, 0.29) is 6.10 Å². The van der Waals surface area contributed by atoms with E-state index in [1.807, 2.05) is 13.1 Å². The maximum absolute atomic E-state index is 10.1. The maximum atomic E-state index is 10.1. The zero-order valence-electron chi connectivity index (χ0n) is 12.7. The molecule has 1 atom stereocenters. The van der Waals surface area contributed by atoms with E-state index < -0.39 is 0 Å². The van der Waals surface area contributed by atoms with Gasteiger partial charge in [-0.25, -0.2) is 0 Å². The molecule has 0 aliphatic heterocycles. The third-order valence-electron chi connectivity index (χ3n) is 4.09. The van der Waals surface area contributed by atoms with Crippen molar-refractivity contribution >= 4 is 0 Å². The minimum atomic E-state index is -0.346. The van der Waals surface area contributed by atoms with Gasteiger partial charge >= 0.3 is 0 Å². The number of hydrogen-bond acceptors (Lipinski definition) is 3. The lowest BCUT2D eigenvalue weighted by molar-refractivity contribution is 0.0850. The van der Waals surface area contributed by atoms with E-state index in [9.17, 15) is 5.11 Å². The third kappa shape index (κ3) is 4.50. The summed E-state index contributed by atoms with van der Waals surface area (Å²) in [6, 6.07) is 6.19. The van der Waals surface area contributed by atoms with Gasteiger partial charge in [0, 0.05) is 12.1 Å². The molecule has 0 radical (unpaired) electrons. The Morgan fingerprint density at radius 1 is 1.35 bits per heavy atom. The Hall–Kier alpha value is -1.06. The van der Waals surface area contributed by atoms with Gasteiger partial charge in [0.25, 0.3) is 0 Å². The summed E-state index contributed by atoms with van der Waals surface area (Å²) < 4.78 is 5.83.